The van der Waals surface area contributed by atoms with Crippen LogP contribution in [0.5, 0.6) is 0 Å². The van der Waals surface area contributed by atoms with E-state index in [1.54, 1.807) is 0 Å². The van der Waals surface area contributed by atoms with Crippen molar-refractivity contribution in [1.29, 1.82) is 0 Å². The maximum absolute atomic E-state index is 13.4. The molecule has 12 heteroatoms. The molecule has 0 aliphatic heterocycles. The van der Waals surface area contributed by atoms with Crippen LogP contribution in [0.25, 0.3) is 0 Å². The molecule has 0 saturated heterocycles. The van der Waals surface area contributed by atoms with Crippen LogP contribution in [0.15, 0.2) is 48.5 Å². The summed E-state index contributed by atoms with van der Waals surface area (Å²) in [4.78, 5) is 27.5. The van der Waals surface area contributed by atoms with Crippen LogP contribution < -0.4 is 9.62 Å². The second-order valence-corrected chi connectivity index (χ2v) is 11.4. The predicted molar refractivity (Wildman–Crippen MR) is 138 cm³/mol. The van der Waals surface area contributed by atoms with Gasteiger partial charge in [0.1, 0.15) is 12.6 Å². The lowest BCUT2D eigenvalue weighted by Gasteiger charge is -2.32. The van der Waals surface area contributed by atoms with Gasteiger partial charge in [0.05, 0.1) is 22.5 Å². The van der Waals surface area contributed by atoms with E-state index in [0.29, 0.717) is 23.3 Å². The maximum Gasteiger partial charge on any atom is 0.416 e. The van der Waals surface area contributed by atoms with Crippen LogP contribution in [0, 0.1) is 5.92 Å². The molecule has 0 aliphatic carbocycles. The Kier molecular flexibility index (Phi) is 10.4. The SMILES string of the molecule is CC(C)CNC(=O)[C@@H](C)N(CCc1ccccc1)C(=O)CN(c1cc(C(F)(F)F)ccc1Cl)S(C)(=O)=O. The molecule has 0 unspecified atom stereocenters. The largest absolute Gasteiger partial charge is 0.416 e. The minimum Gasteiger partial charge on any atom is -0.354 e. The van der Waals surface area contributed by atoms with Crippen LogP contribution in [-0.4, -0.2) is 57.1 Å². The minimum absolute atomic E-state index is 0.0764. The molecule has 1 atom stereocenters. The van der Waals surface area contributed by atoms with Gasteiger partial charge in [-0.15, -0.1) is 0 Å². The Morgan fingerprint density at radius 2 is 1.68 bits per heavy atom. The lowest BCUT2D eigenvalue weighted by molar-refractivity contribution is -0.138. The molecule has 37 heavy (non-hydrogen) atoms. The Balaban J connectivity index is 2.41. The molecule has 0 saturated carbocycles. The Hall–Kier alpha value is -2.79. The minimum atomic E-state index is -4.75. The molecule has 7 nitrogen and oxygen atoms in total. The molecule has 0 aliphatic rings. The van der Waals surface area contributed by atoms with Gasteiger partial charge in [-0.1, -0.05) is 55.8 Å². The van der Waals surface area contributed by atoms with Gasteiger partial charge >= 0.3 is 6.18 Å². The predicted octanol–water partition coefficient (Wildman–Crippen LogP) is 4.36. The second kappa shape index (κ2) is 12.6. The molecule has 2 aromatic carbocycles. The smallest absolute Gasteiger partial charge is 0.354 e. The summed E-state index contributed by atoms with van der Waals surface area (Å²) in [6, 6.07) is 10.4. The zero-order valence-corrected chi connectivity index (χ0v) is 22.6. The van der Waals surface area contributed by atoms with E-state index >= 15 is 0 Å². The van der Waals surface area contributed by atoms with Gasteiger partial charge in [-0.25, -0.2) is 8.42 Å². The highest BCUT2D eigenvalue weighted by atomic mass is 35.5. The van der Waals surface area contributed by atoms with Crippen LogP contribution in [0.3, 0.4) is 0 Å². The molecule has 1 N–H and O–H groups in total. The molecule has 204 valence electrons. The van der Waals surface area contributed by atoms with E-state index in [2.05, 4.69) is 5.32 Å². The normalized spacial score (nSPS) is 12.8. The first-order chi connectivity index (χ1) is 17.1. The fourth-order valence-electron chi connectivity index (χ4n) is 3.50. The quantitative estimate of drug-likeness (QED) is 0.442. The van der Waals surface area contributed by atoms with E-state index in [-0.39, 0.29) is 17.5 Å². The van der Waals surface area contributed by atoms with Gasteiger partial charge in [0.2, 0.25) is 21.8 Å². The number of nitrogens with one attached hydrogen (secondary N) is 1. The van der Waals surface area contributed by atoms with Gasteiger partial charge in [-0.2, -0.15) is 13.2 Å². The Morgan fingerprint density at radius 3 is 2.22 bits per heavy atom. The number of hydrogen-bond acceptors (Lipinski definition) is 4. The third-order valence-electron chi connectivity index (χ3n) is 5.56. The molecule has 0 bridgehead atoms. The number of amides is 2. The van der Waals surface area contributed by atoms with Crippen molar-refractivity contribution in [3.05, 3.63) is 64.7 Å². The molecule has 0 aromatic heterocycles. The van der Waals surface area contributed by atoms with Crippen LogP contribution in [-0.2, 0) is 32.2 Å². The number of alkyl halides is 3. The fourth-order valence-corrected chi connectivity index (χ4v) is 4.62. The summed E-state index contributed by atoms with van der Waals surface area (Å²) in [5.41, 5.74) is -0.710. The zero-order valence-electron chi connectivity index (χ0n) is 21.0. The van der Waals surface area contributed by atoms with Crippen LogP contribution in [0.4, 0.5) is 18.9 Å². The zero-order chi connectivity index (χ0) is 28.0. The summed E-state index contributed by atoms with van der Waals surface area (Å²) in [7, 11) is -4.23. The summed E-state index contributed by atoms with van der Waals surface area (Å²) in [6.45, 7) is 4.95. The molecular weight excluding hydrogens is 531 g/mol. The number of rotatable bonds is 11. The summed E-state index contributed by atoms with van der Waals surface area (Å²) in [5, 5.41) is 2.48. The summed E-state index contributed by atoms with van der Waals surface area (Å²) >= 11 is 6.07. The second-order valence-electron chi connectivity index (χ2n) is 9.07. The van der Waals surface area contributed by atoms with E-state index in [1.165, 1.54) is 11.8 Å². The van der Waals surface area contributed by atoms with Crippen molar-refractivity contribution < 1.29 is 31.2 Å². The van der Waals surface area contributed by atoms with Gasteiger partial charge in [0.25, 0.3) is 0 Å². The monoisotopic (exact) mass is 561 g/mol. The van der Waals surface area contributed by atoms with Crippen molar-refractivity contribution in [2.24, 2.45) is 5.92 Å². The Morgan fingerprint density at radius 1 is 1.05 bits per heavy atom. The summed E-state index contributed by atoms with van der Waals surface area (Å²) in [6.07, 6.45) is -3.61. The third kappa shape index (κ3) is 8.92. The highest BCUT2D eigenvalue weighted by Gasteiger charge is 2.34. The van der Waals surface area contributed by atoms with Gasteiger partial charge in [0, 0.05) is 13.1 Å². The van der Waals surface area contributed by atoms with E-state index in [4.69, 9.17) is 11.6 Å². The first-order valence-electron chi connectivity index (χ1n) is 11.6. The lowest BCUT2D eigenvalue weighted by Crippen LogP contribution is -2.52. The van der Waals surface area contributed by atoms with Crippen LogP contribution in [0.1, 0.15) is 31.9 Å². The summed E-state index contributed by atoms with van der Waals surface area (Å²) in [5.74, 6) is -1.03. The summed E-state index contributed by atoms with van der Waals surface area (Å²) < 4.78 is 65.6. The van der Waals surface area contributed by atoms with Crippen molar-refractivity contribution in [2.75, 3.05) is 30.2 Å². The van der Waals surface area contributed by atoms with E-state index in [0.717, 1.165) is 24.0 Å². The average molecular weight is 562 g/mol. The van der Waals surface area contributed by atoms with Crippen molar-refractivity contribution >= 4 is 39.1 Å². The first kappa shape index (κ1) is 30.4. The molecule has 2 rings (SSSR count). The first-order valence-corrected chi connectivity index (χ1v) is 13.8. The highest BCUT2D eigenvalue weighted by Crippen LogP contribution is 2.36. The Bertz CT molecular complexity index is 1190. The van der Waals surface area contributed by atoms with Crippen molar-refractivity contribution in [3.63, 3.8) is 0 Å². The molecule has 2 aromatic rings. The number of nitrogens with zero attached hydrogens (tertiary/aromatic N) is 2. The highest BCUT2D eigenvalue weighted by molar-refractivity contribution is 7.92. The number of hydrogen-bond donors (Lipinski definition) is 1. The van der Waals surface area contributed by atoms with E-state index in [9.17, 15) is 31.2 Å². The van der Waals surface area contributed by atoms with Crippen molar-refractivity contribution in [3.8, 4) is 0 Å². The standard InChI is InChI=1S/C25H31ClF3N3O4S/c1-17(2)15-30-24(34)18(3)31(13-12-19-8-6-5-7-9-19)23(33)16-32(37(4,35)36)22-14-20(25(27,28)29)10-11-21(22)26/h5-11,14,17-18H,12-13,15-16H2,1-4H3,(H,30,34)/t18-/m1/s1. The number of carbonyl (C=O) groups excluding carboxylic acids is 2. The topological polar surface area (TPSA) is 86.8 Å². The molecule has 0 fully saturated rings. The number of anilines is 1. The molecule has 0 radical (unpaired) electrons. The maximum atomic E-state index is 13.4. The molecule has 0 heterocycles. The van der Waals surface area contributed by atoms with Crippen molar-refractivity contribution in [1.82, 2.24) is 10.2 Å². The van der Waals surface area contributed by atoms with Gasteiger partial charge in [0.15, 0.2) is 0 Å². The van der Waals surface area contributed by atoms with E-state index in [1.807, 2.05) is 44.2 Å². The fraction of sp³-hybridized carbons (Fsp3) is 0.440. The average Bonchev–Trinajstić information content (AvgIpc) is 2.80. The van der Waals surface area contributed by atoms with Crippen molar-refractivity contribution in [2.45, 2.75) is 39.4 Å². The molecule has 0 spiro atoms. The van der Waals surface area contributed by atoms with E-state index < -0.39 is 51.9 Å². The molecular formula is C25H31ClF3N3O4S. The van der Waals surface area contributed by atoms with Gasteiger partial charge in [-0.3, -0.25) is 13.9 Å². The number of carbonyl (C=O) groups is 2. The van der Waals surface area contributed by atoms with Gasteiger partial charge < -0.3 is 10.2 Å². The van der Waals surface area contributed by atoms with Crippen LogP contribution >= 0.6 is 11.6 Å². The Labute approximate surface area is 220 Å². The van der Waals surface area contributed by atoms with Crippen LogP contribution in [0.2, 0.25) is 5.02 Å². The number of sulfonamides is 1. The van der Waals surface area contributed by atoms with Gasteiger partial charge in [-0.05, 0) is 43.0 Å². The number of benzene rings is 2. The molecule has 2 amide bonds. The third-order valence-corrected chi connectivity index (χ3v) is 7.00. The number of halogens is 4. The lowest BCUT2D eigenvalue weighted by atomic mass is 10.1.